The van der Waals surface area contributed by atoms with E-state index < -0.39 is 0 Å². The number of ether oxygens (including phenoxy) is 2. The van der Waals surface area contributed by atoms with Gasteiger partial charge in [0.15, 0.2) is 16.9 Å². The average molecular weight is 397 g/mol. The molecule has 0 saturated carbocycles. The molecule has 0 bridgehead atoms. The molecule has 4 rings (SSSR count). The highest BCUT2D eigenvalue weighted by molar-refractivity contribution is 5.75. The van der Waals surface area contributed by atoms with Gasteiger partial charge >= 0.3 is 0 Å². The van der Waals surface area contributed by atoms with Crippen LogP contribution in [0, 0.1) is 6.92 Å². The van der Waals surface area contributed by atoms with E-state index in [0.29, 0.717) is 17.1 Å². The summed E-state index contributed by atoms with van der Waals surface area (Å²) in [4.78, 5) is 13.0. The number of aromatic nitrogens is 1. The fraction of sp³-hybridized carbons (Fsp3) is 0.115. The maximum atomic E-state index is 13.0. The lowest BCUT2D eigenvalue weighted by Crippen LogP contribution is -2.15. The summed E-state index contributed by atoms with van der Waals surface area (Å²) in [7, 11) is 3.22. The highest BCUT2D eigenvalue weighted by Gasteiger charge is 2.18. The van der Waals surface area contributed by atoms with Crippen LogP contribution in [0.3, 0.4) is 0 Å². The zero-order valence-corrected chi connectivity index (χ0v) is 17.3. The van der Waals surface area contributed by atoms with E-state index in [4.69, 9.17) is 9.47 Å². The summed E-state index contributed by atoms with van der Waals surface area (Å²) in [6, 6.07) is 27.5. The zero-order valence-electron chi connectivity index (χ0n) is 17.3. The number of pyridine rings is 1. The summed E-state index contributed by atoms with van der Waals surface area (Å²) in [6.45, 7) is 1.86. The highest BCUT2D eigenvalue weighted by Crippen LogP contribution is 2.36. The molecule has 4 heteroatoms. The molecule has 4 aromatic rings. The van der Waals surface area contributed by atoms with E-state index in [1.54, 1.807) is 20.3 Å². The lowest BCUT2D eigenvalue weighted by atomic mass is 10.0. The first-order valence-corrected chi connectivity index (χ1v) is 9.74. The summed E-state index contributed by atoms with van der Waals surface area (Å²) < 4.78 is 13.0. The molecule has 1 heterocycles. The third-order valence-electron chi connectivity index (χ3n) is 5.20. The lowest BCUT2D eigenvalue weighted by Gasteiger charge is -2.22. The van der Waals surface area contributed by atoms with Crippen LogP contribution in [0.15, 0.2) is 89.7 Å². The first kappa shape index (κ1) is 19.5. The van der Waals surface area contributed by atoms with E-state index in [2.05, 4.69) is 4.57 Å². The largest absolute Gasteiger partial charge is 0.493 e. The Balaban J connectivity index is 2.10. The first-order valence-electron chi connectivity index (χ1n) is 9.74. The minimum Gasteiger partial charge on any atom is -0.493 e. The number of methoxy groups -OCH3 is 2. The summed E-state index contributed by atoms with van der Waals surface area (Å²) in [5.74, 6) is 1.26. The molecule has 30 heavy (non-hydrogen) atoms. The quantitative estimate of drug-likeness (QED) is 0.447. The van der Waals surface area contributed by atoms with Crippen molar-refractivity contribution in [3.63, 3.8) is 0 Å². The van der Waals surface area contributed by atoms with Gasteiger partial charge in [0.05, 0.1) is 25.6 Å². The molecule has 4 nitrogen and oxygen atoms in total. The van der Waals surface area contributed by atoms with Crippen LogP contribution in [-0.4, -0.2) is 18.8 Å². The van der Waals surface area contributed by atoms with Gasteiger partial charge in [0.1, 0.15) is 0 Å². The van der Waals surface area contributed by atoms with Gasteiger partial charge in [-0.05, 0) is 42.8 Å². The van der Waals surface area contributed by atoms with Crippen molar-refractivity contribution in [1.82, 2.24) is 4.57 Å². The van der Waals surface area contributed by atoms with Crippen LogP contribution >= 0.6 is 0 Å². The second-order valence-corrected chi connectivity index (χ2v) is 6.97. The number of nitrogens with zero attached hydrogens (tertiary/aromatic N) is 1. The van der Waals surface area contributed by atoms with Crippen LogP contribution in [0.2, 0.25) is 0 Å². The van der Waals surface area contributed by atoms with Gasteiger partial charge in [-0.25, -0.2) is 0 Å². The normalized spacial score (nSPS) is 10.6. The Hall–Kier alpha value is -3.79. The van der Waals surface area contributed by atoms with Crippen molar-refractivity contribution < 1.29 is 9.47 Å². The molecule has 0 fully saturated rings. The molecular formula is C26H23NO3. The van der Waals surface area contributed by atoms with Crippen LogP contribution in [-0.2, 0) is 0 Å². The molecule has 0 unspecified atom stereocenters. The Labute approximate surface area is 176 Å². The SMILES string of the molecule is COc1ccc(-c2c(C)c(=O)cc(-c3ccccc3)n2-c2ccccc2)cc1OC. The third kappa shape index (κ3) is 3.48. The lowest BCUT2D eigenvalue weighted by molar-refractivity contribution is 0.355. The Kier molecular flexibility index (Phi) is 5.40. The van der Waals surface area contributed by atoms with Crippen LogP contribution in [0.25, 0.3) is 28.2 Å². The number of hydrogen-bond donors (Lipinski definition) is 0. The monoisotopic (exact) mass is 397 g/mol. The number of para-hydroxylation sites is 1. The molecule has 150 valence electrons. The highest BCUT2D eigenvalue weighted by atomic mass is 16.5. The van der Waals surface area contributed by atoms with E-state index in [1.165, 1.54) is 0 Å². The van der Waals surface area contributed by atoms with Crippen LogP contribution in [0.1, 0.15) is 5.56 Å². The molecule has 0 spiro atoms. The smallest absolute Gasteiger partial charge is 0.185 e. The Bertz CT molecular complexity index is 1230. The number of benzene rings is 3. The Morgan fingerprint density at radius 2 is 1.33 bits per heavy atom. The van der Waals surface area contributed by atoms with Gasteiger partial charge in [0, 0.05) is 22.9 Å². The minimum atomic E-state index is -0.00850. The molecule has 0 aliphatic heterocycles. The third-order valence-corrected chi connectivity index (χ3v) is 5.20. The van der Waals surface area contributed by atoms with E-state index in [9.17, 15) is 4.79 Å². The van der Waals surface area contributed by atoms with Crippen molar-refractivity contribution in [1.29, 1.82) is 0 Å². The summed E-state index contributed by atoms with van der Waals surface area (Å²) in [6.07, 6.45) is 0. The molecule has 0 saturated heterocycles. The van der Waals surface area contributed by atoms with Crippen molar-refractivity contribution >= 4 is 0 Å². The van der Waals surface area contributed by atoms with E-state index in [0.717, 1.165) is 28.2 Å². The van der Waals surface area contributed by atoms with Crippen molar-refractivity contribution in [3.05, 3.63) is 101 Å². The van der Waals surface area contributed by atoms with Gasteiger partial charge in [-0.1, -0.05) is 48.5 Å². The van der Waals surface area contributed by atoms with Gasteiger partial charge in [-0.2, -0.15) is 0 Å². The van der Waals surface area contributed by atoms with E-state index in [1.807, 2.05) is 85.8 Å². The second kappa shape index (κ2) is 8.29. The fourth-order valence-corrected chi connectivity index (χ4v) is 3.70. The molecule has 0 amide bonds. The van der Waals surface area contributed by atoms with E-state index >= 15 is 0 Å². The molecule has 3 aromatic carbocycles. The van der Waals surface area contributed by atoms with Gasteiger partial charge in [-0.15, -0.1) is 0 Å². The van der Waals surface area contributed by atoms with Gasteiger partial charge < -0.3 is 14.0 Å². The number of rotatable bonds is 5. The van der Waals surface area contributed by atoms with Gasteiger partial charge in [0.25, 0.3) is 0 Å². The van der Waals surface area contributed by atoms with Gasteiger partial charge in [0.2, 0.25) is 0 Å². The maximum Gasteiger partial charge on any atom is 0.185 e. The van der Waals surface area contributed by atoms with Crippen LogP contribution < -0.4 is 14.9 Å². The Morgan fingerprint density at radius 3 is 1.97 bits per heavy atom. The fourth-order valence-electron chi connectivity index (χ4n) is 3.70. The number of hydrogen-bond acceptors (Lipinski definition) is 3. The van der Waals surface area contributed by atoms with Crippen molar-refractivity contribution in [2.75, 3.05) is 14.2 Å². The van der Waals surface area contributed by atoms with E-state index in [-0.39, 0.29) is 5.43 Å². The minimum absolute atomic E-state index is 0.00850. The average Bonchev–Trinajstić information content (AvgIpc) is 2.81. The summed E-state index contributed by atoms with van der Waals surface area (Å²) >= 11 is 0. The van der Waals surface area contributed by atoms with Crippen LogP contribution in [0.5, 0.6) is 11.5 Å². The van der Waals surface area contributed by atoms with Gasteiger partial charge in [-0.3, -0.25) is 4.79 Å². The standard InChI is InChI=1S/C26H23NO3/c1-18-23(28)17-22(19-10-6-4-7-11-19)27(21-12-8-5-9-13-21)26(18)20-14-15-24(29-2)25(16-20)30-3/h4-17H,1-3H3. The molecule has 0 N–H and O–H groups in total. The molecule has 0 radical (unpaired) electrons. The zero-order chi connectivity index (χ0) is 21.1. The second-order valence-electron chi connectivity index (χ2n) is 6.97. The maximum absolute atomic E-state index is 13.0. The van der Waals surface area contributed by atoms with Crippen LogP contribution in [0.4, 0.5) is 0 Å². The first-order chi connectivity index (χ1) is 14.6. The van der Waals surface area contributed by atoms with Crippen molar-refractivity contribution in [3.8, 4) is 39.7 Å². The predicted octanol–water partition coefficient (Wildman–Crippen LogP) is 5.50. The van der Waals surface area contributed by atoms with Crippen molar-refractivity contribution in [2.24, 2.45) is 0 Å². The molecule has 0 aliphatic carbocycles. The molecule has 1 aromatic heterocycles. The Morgan fingerprint density at radius 1 is 0.700 bits per heavy atom. The predicted molar refractivity (Wildman–Crippen MR) is 121 cm³/mol. The molecule has 0 atom stereocenters. The molecule has 0 aliphatic rings. The summed E-state index contributed by atoms with van der Waals surface area (Å²) in [5.41, 5.74) is 5.15. The molecular weight excluding hydrogens is 374 g/mol. The van der Waals surface area contributed by atoms with Crippen molar-refractivity contribution in [2.45, 2.75) is 6.92 Å². The topological polar surface area (TPSA) is 40.5 Å². The summed E-state index contributed by atoms with van der Waals surface area (Å²) in [5, 5.41) is 0.